The molecule has 1 fully saturated rings. The van der Waals surface area contributed by atoms with Crippen molar-refractivity contribution >= 4 is 17.7 Å². The molecule has 3 rings (SSSR count). The van der Waals surface area contributed by atoms with Crippen LogP contribution in [0.2, 0.25) is 0 Å². The van der Waals surface area contributed by atoms with Crippen LogP contribution in [0, 0.1) is 5.82 Å². The number of rotatable bonds is 7. The first kappa shape index (κ1) is 15.7. The van der Waals surface area contributed by atoms with E-state index >= 15 is 0 Å². The van der Waals surface area contributed by atoms with E-state index in [-0.39, 0.29) is 17.5 Å². The minimum atomic E-state index is -0.318. The van der Waals surface area contributed by atoms with Crippen molar-refractivity contribution in [3.63, 3.8) is 0 Å². The summed E-state index contributed by atoms with van der Waals surface area (Å²) in [6.07, 6.45) is 3.68. The van der Waals surface area contributed by atoms with Crippen molar-refractivity contribution in [1.29, 1.82) is 0 Å². The molecular formula is C16H17FN4OS. The highest BCUT2D eigenvalue weighted by Crippen LogP contribution is 2.41. The Kier molecular flexibility index (Phi) is 4.76. The first-order valence-electron chi connectivity index (χ1n) is 7.41. The Balaban J connectivity index is 1.81. The Hall–Kier alpha value is -2.15. The molecule has 0 saturated heterocycles. The molecule has 23 heavy (non-hydrogen) atoms. The molecule has 1 aromatic heterocycles. The van der Waals surface area contributed by atoms with Crippen molar-refractivity contribution in [2.45, 2.75) is 24.0 Å². The Labute approximate surface area is 138 Å². The molecule has 1 aliphatic rings. The second-order valence-corrected chi connectivity index (χ2v) is 6.21. The zero-order valence-electron chi connectivity index (χ0n) is 12.5. The number of benzene rings is 1. The highest BCUT2D eigenvalue weighted by Gasteiger charge is 2.31. The van der Waals surface area contributed by atoms with E-state index in [2.05, 4.69) is 22.1 Å². The van der Waals surface area contributed by atoms with Crippen molar-refractivity contribution in [1.82, 2.24) is 20.1 Å². The van der Waals surface area contributed by atoms with Gasteiger partial charge in [-0.1, -0.05) is 30.0 Å². The smallest absolute Gasteiger partial charge is 0.230 e. The van der Waals surface area contributed by atoms with Crippen LogP contribution in [0.5, 0.6) is 0 Å². The van der Waals surface area contributed by atoms with E-state index in [4.69, 9.17) is 0 Å². The number of halogens is 1. The predicted molar refractivity (Wildman–Crippen MR) is 87.6 cm³/mol. The van der Waals surface area contributed by atoms with Gasteiger partial charge in [-0.2, -0.15) is 0 Å². The van der Waals surface area contributed by atoms with Gasteiger partial charge in [-0.3, -0.25) is 9.36 Å². The highest BCUT2D eigenvalue weighted by molar-refractivity contribution is 7.99. The molecular weight excluding hydrogens is 315 g/mol. The zero-order chi connectivity index (χ0) is 16.2. The van der Waals surface area contributed by atoms with Gasteiger partial charge in [0.05, 0.1) is 11.3 Å². The number of nitrogens with zero attached hydrogens (tertiary/aromatic N) is 3. The minimum Gasteiger partial charge on any atom is -0.352 e. The summed E-state index contributed by atoms with van der Waals surface area (Å²) >= 11 is 1.32. The van der Waals surface area contributed by atoms with Crippen LogP contribution in [0.4, 0.5) is 4.39 Å². The predicted octanol–water partition coefficient (Wildman–Crippen LogP) is 2.81. The molecule has 5 nitrogen and oxygen atoms in total. The molecule has 2 aromatic rings. The fourth-order valence-electron chi connectivity index (χ4n) is 2.23. The van der Waals surface area contributed by atoms with E-state index in [1.807, 2.05) is 4.57 Å². The summed E-state index contributed by atoms with van der Waals surface area (Å²) in [4.78, 5) is 11.7. The number of hydrogen-bond donors (Lipinski definition) is 1. The number of amides is 1. The summed E-state index contributed by atoms with van der Waals surface area (Å²) in [6, 6.07) is 6.83. The van der Waals surface area contributed by atoms with E-state index in [1.165, 1.54) is 17.8 Å². The average molecular weight is 332 g/mol. The van der Waals surface area contributed by atoms with Crippen molar-refractivity contribution in [3.05, 3.63) is 42.7 Å². The lowest BCUT2D eigenvalue weighted by molar-refractivity contribution is -0.118. The molecule has 1 saturated carbocycles. The molecule has 7 heteroatoms. The van der Waals surface area contributed by atoms with Gasteiger partial charge in [-0.05, 0) is 25.0 Å². The largest absolute Gasteiger partial charge is 0.352 e. The van der Waals surface area contributed by atoms with Gasteiger partial charge < -0.3 is 5.32 Å². The Morgan fingerprint density at radius 2 is 2.22 bits per heavy atom. The van der Waals surface area contributed by atoms with Crippen molar-refractivity contribution in [2.24, 2.45) is 0 Å². The maximum atomic E-state index is 14.0. The van der Waals surface area contributed by atoms with Crippen LogP contribution in [0.15, 0.2) is 42.1 Å². The summed E-state index contributed by atoms with van der Waals surface area (Å²) < 4.78 is 16.0. The first-order chi connectivity index (χ1) is 11.2. The van der Waals surface area contributed by atoms with Crippen LogP contribution in [-0.4, -0.2) is 33.0 Å². The van der Waals surface area contributed by atoms with E-state index in [9.17, 15) is 9.18 Å². The van der Waals surface area contributed by atoms with E-state index in [0.29, 0.717) is 29.1 Å². The van der Waals surface area contributed by atoms with Gasteiger partial charge in [0.25, 0.3) is 0 Å². The highest BCUT2D eigenvalue weighted by atomic mass is 32.2. The molecule has 0 atom stereocenters. The SMILES string of the molecule is C=CCNC(=O)CSc1nnc(-c2ccccc2F)n1C1CC1. The number of nitrogens with one attached hydrogen (secondary N) is 1. The maximum absolute atomic E-state index is 14.0. The third kappa shape index (κ3) is 3.61. The molecule has 0 spiro atoms. The van der Waals surface area contributed by atoms with Crippen LogP contribution in [0.1, 0.15) is 18.9 Å². The lowest BCUT2D eigenvalue weighted by Gasteiger charge is -2.09. The van der Waals surface area contributed by atoms with Crippen LogP contribution in [-0.2, 0) is 4.79 Å². The van der Waals surface area contributed by atoms with Crippen molar-refractivity contribution in [2.75, 3.05) is 12.3 Å². The van der Waals surface area contributed by atoms with Gasteiger partial charge in [-0.15, -0.1) is 16.8 Å². The summed E-state index contributed by atoms with van der Waals surface area (Å²) in [5, 5.41) is 11.7. The molecule has 1 N–H and O–H groups in total. The van der Waals surface area contributed by atoms with Gasteiger partial charge in [0.15, 0.2) is 11.0 Å². The number of thioether (sulfide) groups is 1. The molecule has 0 unspecified atom stereocenters. The number of carbonyl (C=O) groups is 1. The second kappa shape index (κ2) is 6.95. The lowest BCUT2D eigenvalue weighted by atomic mass is 10.2. The van der Waals surface area contributed by atoms with Gasteiger partial charge in [0, 0.05) is 12.6 Å². The molecule has 1 aromatic carbocycles. The van der Waals surface area contributed by atoms with Crippen LogP contribution in [0.3, 0.4) is 0 Å². The minimum absolute atomic E-state index is 0.0901. The van der Waals surface area contributed by atoms with Crippen molar-refractivity contribution < 1.29 is 9.18 Å². The summed E-state index contributed by atoms with van der Waals surface area (Å²) in [7, 11) is 0. The second-order valence-electron chi connectivity index (χ2n) is 5.27. The first-order valence-corrected chi connectivity index (χ1v) is 8.39. The summed E-state index contributed by atoms with van der Waals surface area (Å²) in [6.45, 7) is 4.00. The van der Waals surface area contributed by atoms with E-state index in [0.717, 1.165) is 12.8 Å². The zero-order valence-corrected chi connectivity index (χ0v) is 13.4. The van der Waals surface area contributed by atoms with Crippen LogP contribution in [0.25, 0.3) is 11.4 Å². The molecule has 1 aliphatic carbocycles. The summed E-state index contributed by atoms with van der Waals surface area (Å²) in [5.41, 5.74) is 0.440. The molecule has 1 heterocycles. The monoisotopic (exact) mass is 332 g/mol. The Bertz CT molecular complexity index is 727. The Morgan fingerprint density at radius 1 is 1.43 bits per heavy atom. The van der Waals surface area contributed by atoms with Crippen LogP contribution >= 0.6 is 11.8 Å². The average Bonchev–Trinajstić information content (AvgIpc) is 3.31. The quantitative estimate of drug-likeness (QED) is 0.626. The normalized spacial score (nSPS) is 13.8. The Morgan fingerprint density at radius 3 is 2.91 bits per heavy atom. The molecule has 0 aliphatic heterocycles. The topological polar surface area (TPSA) is 59.8 Å². The fourth-order valence-corrected chi connectivity index (χ4v) is 3.07. The van der Waals surface area contributed by atoms with E-state index < -0.39 is 0 Å². The van der Waals surface area contributed by atoms with E-state index in [1.54, 1.807) is 24.3 Å². The van der Waals surface area contributed by atoms with Gasteiger partial charge >= 0.3 is 0 Å². The van der Waals surface area contributed by atoms with Gasteiger partial charge in [-0.25, -0.2) is 4.39 Å². The van der Waals surface area contributed by atoms with Crippen molar-refractivity contribution in [3.8, 4) is 11.4 Å². The maximum Gasteiger partial charge on any atom is 0.230 e. The lowest BCUT2D eigenvalue weighted by Crippen LogP contribution is -2.25. The third-order valence-electron chi connectivity index (χ3n) is 3.47. The number of aromatic nitrogens is 3. The molecule has 1 amide bonds. The van der Waals surface area contributed by atoms with Crippen LogP contribution < -0.4 is 5.32 Å². The molecule has 120 valence electrons. The summed E-state index contributed by atoms with van der Waals surface area (Å²) in [5.74, 6) is 0.366. The third-order valence-corrected chi connectivity index (χ3v) is 4.41. The van der Waals surface area contributed by atoms with Gasteiger partial charge in [0.2, 0.25) is 5.91 Å². The van der Waals surface area contributed by atoms with Gasteiger partial charge in [0.1, 0.15) is 5.82 Å². The molecule has 0 radical (unpaired) electrons. The standard InChI is InChI=1S/C16H17FN4OS/c1-2-9-18-14(22)10-23-16-20-19-15(21(16)11-7-8-11)12-5-3-4-6-13(12)17/h2-6,11H,1,7-10H2,(H,18,22). The fraction of sp³-hybridized carbons (Fsp3) is 0.312. The number of carbonyl (C=O) groups excluding carboxylic acids is 1. The number of hydrogen-bond acceptors (Lipinski definition) is 4. The molecule has 0 bridgehead atoms.